The maximum Gasteiger partial charge on any atom is 0.0649 e. The van der Waals surface area contributed by atoms with Crippen molar-refractivity contribution >= 4 is 80.8 Å². The number of rotatable bonds is 4. The minimum Gasteiger partial charge on any atom is -0.652 e. The number of aromatic nitrogens is 2. The Bertz CT molecular complexity index is 3000. The molecule has 4 nitrogen and oxygen atoms in total. The van der Waals surface area contributed by atoms with Gasteiger partial charge in [-0.3, -0.25) is 4.99 Å². The number of para-hydroxylation sites is 2. The Kier molecular flexibility index (Phi) is 6.28. The van der Waals surface area contributed by atoms with Gasteiger partial charge in [-0.1, -0.05) is 115 Å². The fourth-order valence-electron chi connectivity index (χ4n) is 8.35. The number of fused-ring (bicyclic) bond motifs is 9. The Morgan fingerprint density at radius 1 is 0.588 bits per heavy atom. The monoisotopic (exact) mass is 671 g/mol. The van der Waals surface area contributed by atoms with Crippen molar-refractivity contribution in [3.8, 4) is 11.1 Å². The van der Waals surface area contributed by atoms with Crippen LogP contribution in [-0.2, 0) is 0 Å². The van der Waals surface area contributed by atoms with Crippen LogP contribution in [-0.4, -0.2) is 14.8 Å². The standard InChI is InChI=1S/C46H31N4S/c1-2-11-31(12-3-1)49-40-18-7-4-13-32(40)37-27-29(21-23-42(37)49)30-22-24-43-38(28-30)33-14-5-8-19-41(33)50(43)46-47-26-25-39(48-46)36-17-10-16-35-34-15-6-9-20-44(34)51-45(35)36/h1-11,13-28,31,46H,12H2/q-1. The van der Waals surface area contributed by atoms with E-state index in [1.54, 1.807) is 0 Å². The van der Waals surface area contributed by atoms with Crippen LogP contribution in [0, 0.1) is 0 Å². The third-order valence-corrected chi connectivity index (χ3v) is 11.9. The summed E-state index contributed by atoms with van der Waals surface area (Å²) in [5, 5.41) is 12.5. The lowest BCUT2D eigenvalue weighted by Crippen LogP contribution is -2.11. The van der Waals surface area contributed by atoms with E-state index < -0.39 is 6.29 Å². The molecule has 2 atom stereocenters. The Morgan fingerprint density at radius 3 is 1.98 bits per heavy atom. The highest BCUT2D eigenvalue weighted by Crippen LogP contribution is 2.41. The van der Waals surface area contributed by atoms with Crippen molar-refractivity contribution in [3.63, 3.8) is 0 Å². The van der Waals surface area contributed by atoms with E-state index in [4.69, 9.17) is 10.3 Å². The molecule has 1 aliphatic carbocycles. The van der Waals surface area contributed by atoms with E-state index in [0.717, 1.165) is 28.7 Å². The zero-order chi connectivity index (χ0) is 33.5. The second kappa shape index (κ2) is 11.2. The van der Waals surface area contributed by atoms with Crippen molar-refractivity contribution in [1.29, 1.82) is 0 Å². The molecule has 242 valence electrons. The molecular weight excluding hydrogens is 641 g/mol. The van der Waals surface area contributed by atoms with Crippen LogP contribution in [0.5, 0.6) is 0 Å². The van der Waals surface area contributed by atoms with Crippen LogP contribution < -0.4 is 0 Å². The lowest BCUT2D eigenvalue weighted by atomic mass is 10.0. The summed E-state index contributed by atoms with van der Waals surface area (Å²) in [5.74, 6) is 0. The van der Waals surface area contributed by atoms with Crippen molar-refractivity contribution in [1.82, 2.24) is 9.13 Å². The first-order chi connectivity index (χ1) is 25.3. The quantitative estimate of drug-likeness (QED) is 0.179. The van der Waals surface area contributed by atoms with Crippen molar-refractivity contribution in [2.24, 2.45) is 4.99 Å². The van der Waals surface area contributed by atoms with Crippen LogP contribution in [0.1, 0.15) is 24.3 Å². The molecule has 11 rings (SSSR count). The van der Waals surface area contributed by atoms with Crippen LogP contribution in [0.15, 0.2) is 169 Å². The van der Waals surface area contributed by atoms with Crippen molar-refractivity contribution < 1.29 is 0 Å². The number of aliphatic imine (C=N–C) groups is 1. The average molecular weight is 672 g/mol. The van der Waals surface area contributed by atoms with E-state index in [-0.39, 0.29) is 0 Å². The number of allylic oxidation sites excluding steroid dienone is 5. The van der Waals surface area contributed by atoms with E-state index in [0.29, 0.717) is 6.04 Å². The van der Waals surface area contributed by atoms with Crippen molar-refractivity contribution in [3.05, 3.63) is 175 Å². The van der Waals surface area contributed by atoms with Gasteiger partial charge in [-0.2, -0.15) is 6.20 Å². The van der Waals surface area contributed by atoms with Gasteiger partial charge in [-0.05, 0) is 60.0 Å². The predicted octanol–water partition coefficient (Wildman–Crippen LogP) is 12.8. The summed E-state index contributed by atoms with van der Waals surface area (Å²) >= 11 is 1.84. The number of nitrogens with zero attached hydrogens (tertiary/aromatic N) is 4. The number of hydrogen-bond donors (Lipinski definition) is 0. The molecule has 4 heterocycles. The largest absolute Gasteiger partial charge is 0.652 e. The smallest absolute Gasteiger partial charge is 0.0649 e. The molecule has 9 aromatic rings. The third kappa shape index (κ3) is 4.35. The molecular formula is C46H31N4S-. The van der Waals surface area contributed by atoms with E-state index >= 15 is 0 Å². The zero-order valence-electron chi connectivity index (χ0n) is 27.6. The maximum atomic E-state index is 5.32. The van der Waals surface area contributed by atoms with Gasteiger partial charge in [0.25, 0.3) is 0 Å². The highest BCUT2D eigenvalue weighted by molar-refractivity contribution is 7.26. The summed E-state index contributed by atoms with van der Waals surface area (Å²) in [5.41, 5.74) is 9.34. The van der Waals surface area contributed by atoms with Crippen LogP contribution >= 0.6 is 11.3 Å². The SMILES string of the molecule is C1=CCC(n2c3ccccc3c3cc(-c4ccc5c(c4)c4ccccc4n5C4N=C(c5cccc6c5sc5ccccc56)C=C[N-]4)ccc32)C=C1. The summed E-state index contributed by atoms with van der Waals surface area (Å²) in [4.78, 5) is 5.32. The lowest BCUT2D eigenvalue weighted by Gasteiger charge is -2.33. The van der Waals surface area contributed by atoms with Crippen molar-refractivity contribution in [2.75, 3.05) is 0 Å². The fourth-order valence-corrected chi connectivity index (χ4v) is 9.58. The Balaban J connectivity index is 1.04. The van der Waals surface area contributed by atoms with Gasteiger partial charge in [0.15, 0.2) is 0 Å². The van der Waals surface area contributed by atoms with Gasteiger partial charge >= 0.3 is 0 Å². The summed E-state index contributed by atoms with van der Waals surface area (Å²) in [6.45, 7) is 0. The molecule has 0 radical (unpaired) electrons. The van der Waals surface area contributed by atoms with Gasteiger partial charge in [0, 0.05) is 69.3 Å². The molecule has 0 saturated carbocycles. The van der Waals surface area contributed by atoms with Gasteiger partial charge in [-0.25, -0.2) is 0 Å². The summed E-state index contributed by atoms with van der Waals surface area (Å²) in [7, 11) is 0. The first-order valence-electron chi connectivity index (χ1n) is 17.5. The van der Waals surface area contributed by atoms with Gasteiger partial charge < -0.3 is 14.5 Å². The minimum absolute atomic E-state index is 0.312. The first kappa shape index (κ1) is 28.6. The molecule has 0 bridgehead atoms. The molecule has 2 unspecified atom stereocenters. The molecule has 0 fully saturated rings. The highest BCUT2D eigenvalue weighted by Gasteiger charge is 2.20. The minimum atomic E-state index is -0.408. The third-order valence-electron chi connectivity index (χ3n) is 10.7. The Hall–Kier alpha value is -6.17. The molecule has 3 aromatic heterocycles. The van der Waals surface area contributed by atoms with Gasteiger partial charge in [0.05, 0.1) is 18.0 Å². The van der Waals surface area contributed by atoms with Crippen LogP contribution in [0.25, 0.3) is 80.2 Å². The summed E-state index contributed by atoms with van der Waals surface area (Å²) in [6, 6.07) is 46.8. The lowest BCUT2D eigenvalue weighted by molar-refractivity contribution is 0.648. The fraction of sp³-hybridized carbons (Fsp3) is 0.0652. The molecule has 2 aliphatic rings. The summed E-state index contributed by atoms with van der Waals surface area (Å²) < 4.78 is 7.36. The molecule has 0 saturated heterocycles. The second-order valence-corrected chi connectivity index (χ2v) is 14.5. The van der Waals surface area contributed by atoms with Crippen molar-refractivity contribution in [2.45, 2.75) is 18.8 Å². The number of hydrogen-bond acceptors (Lipinski definition) is 2. The zero-order valence-corrected chi connectivity index (χ0v) is 28.5. The van der Waals surface area contributed by atoms with E-state index in [9.17, 15) is 0 Å². The topological polar surface area (TPSA) is 36.3 Å². The molecule has 1 aliphatic heterocycles. The average Bonchev–Trinajstić information content (AvgIpc) is 3.85. The molecule has 0 spiro atoms. The van der Waals surface area contributed by atoms with Crippen LogP contribution in [0.4, 0.5) is 0 Å². The normalized spacial score (nSPS) is 17.4. The number of benzene rings is 6. The van der Waals surface area contributed by atoms with Gasteiger partial charge in [0.2, 0.25) is 0 Å². The van der Waals surface area contributed by atoms with E-state index in [1.807, 2.05) is 17.5 Å². The molecule has 0 N–H and O–H groups in total. The molecule has 0 amide bonds. The molecule has 5 heteroatoms. The second-order valence-electron chi connectivity index (χ2n) is 13.5. The first-order valence-corrected chi connectivity index (χ1v) is 18.4. The Morgan fingerprint density at radius 2 is 1.24 bits per heavy atom. The van der Waals surface area contributed by atoms with E-state index in [2.05, 4.69) is 167 Å². The van der Waals surface area contributed by atoms with Gasteiger partial charge in [0.1, 0.15) is 0 Å². The summed E-state index contributed by atoms with van der Waals surface area (Å²) in [6.07, 6.45) is 13.5. The van der Waals surface area contributed by atoms with Crippen LogP contribution in [0.2, 0.25) is 0 Å². The molecule has 51 heavy (non-hydrogen) atoms. The van der Waals surface area contributed by atoms with Gasteiger partial charge in [-0.15, -0.1) is 11.3 Å². The highest BCUT2D eigenvalue weighted by atomic mass is 32.1. The van der Waals surface area contributed by atoms with E-state index in [1.165, 1.54) is 63.9 Å². The van der Waals surface area contributed by atoms with Crippen LogP contribution in [0.3, 0.4) is 0 Å². The predicted molar refractivity (Wildman–Crippen MR) is 217 cm³/mol. The number of thiophene rings is 1. The molecule has 6 aromatic carbocycles. The Labute approximate surface area is 298 Å². The maximum absolute atomic E-state index is 5.32.